The molecule has 3 heterocycles. The predicted molar refractivity (Wildman–Crippen MR) is 93.7 cm³/mol. The Morgan fingerprint density at radius 1 is 1.38 bits per heavy atom. The molecule has 26 heavy (non-hydrogen) atoms. The number of imidazole rings is 1. The van der Waals surface area contributed by atoms with Crippen LogP contribution in [0.1, 0.15) is 48.8 Å². The number of piperidine rings is 1. The van der Waals surface area contributed by atoms with Crippen molar-refractivity contribution < 1.29 is 9.59 Å². The van der Waals surface area contributed by atoms with Crippen LogP contribution >= 0.6 is 0 Å². The molecule has 138 valence electrons. The lowest BCUT2D eigenvalue weighted by Crippen LogP contribution is -2.49. The molecule has 2 N–H and O–H groups in total. The van der Waals surface area contributed by atoms with Crippen molar-refractivity contribution in [3.8, 4) is 0 Å². The summed E-state index contributed by atoms with van der Waals surface area (Å²) in [6.45, 7) is 2.32. The van der Waals surface area contributed by atoms with Crippen molar-refractivity contribution in [1.29, 1.82) is 0 Å². The molecule has 2 aromatic heterocycles. The average Bonchev–Trinajstić information content (AvgIpc) is 3.24. The molecular formula is C18H24N6O2. The van der Waals surface area contributed by atoms with Crippen LogP contribution in [-0.4, -0.2) is 42.5 Å². The SMILES string of the molecule is Cc1[nH]cnc1CNC(=O)[C@H]1CCC(=O)N(C2CC2)[C@@H]1c1ccnn1C. The van der Waals surface area contributed by atoms with Crippen LogP contribution < -0.4 is 5.32 Å². The third-order valence-electron chi connectivity index (χ3n) is 5.44. The van der Waals surface area contributed by atoms with Crippen molar-refractivity contribution in [2.24, 2.45) is 13.0 Å². The molecule has 0 aromatic carbocycles. The minimum absolute atomic E-state index is 0.0308. The predicted octanol–water partition coefficient (Wildman–Crippen LogP) is 1.21. The number of carbonyl (C=O) groups is 2. The fourth-order valence-corrected chi connectivity index (χ4v) is 3.86. The lowest BCUT2D eigenvalue weighted by Gasteiger charge is -2.40. The molecule has 4 rings (SSSR count). The summed E-state index contributed by atoms with van der Waals surface area (Å²) in [7, 11) is 1.86. The van der Waals surface area contributed by atoms with Crippen molar-refractivity contribution >= 4 is 11.8 Å². The van der Waals surface area contributed by atoms with Crippen molar-refractivity contribution in [3.63, 3.8) is 0 Å². The first kappa shape index (κ1) is 16.8. The van der Waals surface area contributed by atoms with Crippen molar-refractivity contribution in [2.75, 3.05) is 0 Å². The molecule has 1 aliphatic carbocycles. The van der Waals surface area contributed by atoms with Crippen LogP contribution in [-0.2, 0) is 23.2 Å². The van der Waals surface area contributed by atoms with Crippen LogP contribution in [0.5, 0.6) is 0 Å². The highest BCUT2D eigenvalue weighted by Gasteiger charge is 2.47. The molecule has 2 aliphatic rings. The fraction of sp³-hybridized carbons (Fsp3) is 0.556. The lowest BCUT2D eigenvalue weighted by molar-refractivity contribution is -0.144. The summed E-state index contributed by atoms with van der Waals surface area (Å²) < 4.78 is 1.77. The molecule has 2 aromatic rings. The number of H-pyrrole nitrogens is 1. The number of rotatable bonds is 5. The molecule has 0 spiro atoms. The highest BCUT2D eigenvalue weighted by molar-refractivity contribution is 5.85. The minimum atomic E-state index is -0.275. The number of nitrogens with one attached hydrogen (secondary N) is 2. The molecule has 0 unspecified atom stereocenters. The maximum absolute atomic E-state index is 13.0. The Hall–Kier alpha value is -2.64. The minimum Gasteiger partial charge on any atom is -0.350 e. The third kappa shape index (κ3) is 3.00. The van der Waals surface area contributed by atoms with Gasteiger partial charge < -0.3 is 15.2 Å². The Bertz CT molecular complexity index is 821. The zero-order valence-electron chi connectivity index (χ0n) is 15.1. The zero-order valence-corrected chi connectivity index (χ0v) is 15.1. The Morgan fingerprint density at radius 2 is 2.19 bits per heavy atom. The molecule has 1 aliphatic heterocycles. The van der Waals surface area contributed by atoms with E-state index >= 15 is 0 Å². The topological polar surface area (TPSA) is 95.9 Å². The fourth-order valence-electron chi connectivity index (χ4n) is 3.86. The van der Waals surface area contributed by atoms with Gasteiger partial charge in [-0.2, -0.15) is 5.10 Å². The second-order valence-electron chi connectivity index (χ2n) is 7.19. The lowest BCUT2D eigenvalue weighted by atomic mass is 9.85. The van der Waals surface area contributed by atoms with Gasteiger partial charge in [-0.1, -0.05) is 0 Å². The summed E-state index contributed by atoms with van der Waals surface area (Å²) in [4.78, 5) is 34.8. The first-order valence-electron chi connectivity index (χ1n) is 9.12. The van der Waals surface area contributed by atoms with Crippen LogP contribution in [0.25, 0.3) is 0 Å². The van der Waals surface area contributed by atoms with Gasteiger partial charge in [0.25, 0.3) is 0 Å². The number of carbonyl (C=O) groups excluding carboxylic acids is 2. The summed E-state index contributed by atoms with van der Waals surface area (Å²) in [5.74, 6) is -0.161. The quantitative estimate of drug-likeness (QED) is 0.842. The molecular weight excluding hydrogens is 332 g/mol. The van der Waals surface area contributed by atoms with Crippen LogP contribution in [0.3, 0.4) is 0 Å². The second kappa shape index (κ2) is 6.59. The normalized spacial score (nSPS) is 23.3. The van der Waals surface area contributed by atoms with Gasteiger partial charge in [0.1, 0.15) is 0 Å². The van der Waals surface area contributed by atoms with E-state index in [1.807, 2.05) is 24.9 Å². The highest BCUT2D eigenvalue weighted by atomic mass is 16.2. The van der Waals surface area contributed by atoms with E-state index in [0.717, 1.165) is 29.9 Å². The summed E-state index contributed by atoms with van der Waals surface area (Å²) in [6, 6.07) is 1.92. The molecule has 8 heteroatoms. The first-order valence-corrected chi connectivity index (χ1v) is 9.12. The van der Waals surface area contributed by atoms with Crippen LogP contribution in [0.2, 0.25) is 0 Å². The van der Waals surface area contributed by atoms with E-state index in [9.17, 15) is 9.59 Å². The standard InChI is InChI=1S/C18H24N6O2/c1-11-14(21-10-20-11)9-19-18(26)13-5-6-16(25)24(12-3-4-12)17(13)15-7-8-22-23(15)2/h7-8,10,12-13,17H,3-6,9H2,1-2H3,(H,19,26)(H,20,21)/t13-,17-/m0/s1. The maximum atomic E-state index is 13.0. The van der Waals surface area contributed by atoms with Crippen LogP contribution in [0.15, 0.2) is 18.6 Å². The number of aromatic amines is 1. The zero-order chi connectivity index (χ0) is 18.3. The van der Waals surface area contributed by atoms with E-state index in [1.54, 1.807) is 17.2 Å². The Balaban J connectivity index is 1.58. The monoisotopic (exact) mass is 356 g/mol. The summed E-state index contributed by atoms with van der Waals surface area (Å²) in [5, 5.41) is 7.27. The van der Waals surface area contributed by atoms with Gasteiger partial charge in [-0.15, -0.1) is 0 Å². The smallest absolute Gasteiger partial charge is 0.225 e. The first-order chi connectivity index (χ1) is 12.6. The van der Waals surface area contributed by atoms with E-state index in [0.29, 0.717) is 19.4 Å². The number of hydrogen-bond acceptors (Lipinski definition) is 4. The molecule has 1 saturated heterocycles. The van der Waals surface area contributed by atoms with Gasteiger partial charge in [-0.3, -0.25) is 14.3 Å². The molecule has 0 radical (unpaired) electrons. The molecule has 0 bridgehead atoms. The maximum Gasteiger partial charge on any atom is 0.225 e. The van der Waals surface area contributed by atoms with Gasteiger partial charge in [-0.05, 0) is 32.3 Å². The van der Waals surface area contributed by atoms with E-state index < -0.39 is 0 Å². The number of nitrogens with zero attached hydrogens (tertiary/aromatic N) is 4. The Morgan fingerprint density at radius 3 is 2.81 bits per heavy atom. The number of amides is 2. The summed E-state index contributed by atoms with van der Waals surface area (Å²) >= 11 is 0. The number of likely N-dealkylation sites (tertiary alicyclic amines) is 1. The molecule has 8 nitrogen and oxygen atoms in total. The van der Waals surface area contributed by atoms with Gasteiger partial charge in [0, 0.05) is 31.4 Å². The number of aromatic nitrogens is 4. The second-order valence-corrected chi connectivity index (χ2v) is 7.19. The summed E-state index contributed by atoms with van der Waals surface area (Å²) in [5.41, 5.74) is 2.70. The van der Waals surface area contributed by atoms with Crippen molar-refractivity contribution in [3.05, 3.63) is 35.7 Å². The van der Waals surface area contributed by atoms with Crippen LogP contribution in [0, 0.1) is 12.8 Å². The molecule has 1 saturated carbocycles. The van der Waals surface area contributed by atoms with Crippen LogP contribution in [0.4, 0.5) is 0 Å². The van der Waals surface area contributed by atoms with Gasteiger partial charge in [-0.25, -0.2) is 4.98 Å². The van der Waals surface area contributed by atoms with Crippen molar-refractivity contribution in [2.45, 2.75) is 51.2 Å². The highest BCUT2D eigenvalue weighted by Crippen LogP contribution is 2.43. The number of aryl methyl sites for hydroxylation is 2. The third-order valence-corrected chi connectivity index (χ3v) is 5.44. The summed E-state index contributed by atoms with van der Waals surface area (Å²) in [6.07, 6.45) is 6.36. The molecule has 2 atom stereocenters. The van der Waals surface area contributed by atoms with E-state index in [-0.39, 0.29) is 29.8 Å². The van der Waals surface area contributed by atoms with E-state index in [1.165, 1.54) is 0 Å². The van der Waals surface area contributed by atoms with E-state index in [2.05, 4.69) is 20.4 Å². The van der Waals surface area contributed by atoms with Gasteiger partial charge in [0.15, 0.2) is 0 Å². The number of hydrogen-bond donors (Lipinski definition) is 2. The molecule has 2 fully saturated rings. The van der Waals surface area contributed by atoms with Gasteiger partial charge in [0.2, 0.25) is 11.8 Å². The van der Waals surface area contributed by atoms with E-state index in [4.69, 9.17) is 0 Å². The van der Waals surface area contributed by atoms with Crippen molar-refractivity contribution in [1.82, 2.24) is 30.0 Å². The largest absolute Gasteiger partial charge is 0.350 e. The Kier molecular flexibility index (Phi) is 4.26. The average molecular weight is 356 g/mol. The Labute approximate surface area is 152 Å². The van der Waals surface area contributed by atoms with Gasteiger partial charge in [0.05, 0.1) is 36.2 Å². The molecule has 2 amide bonds. The van der Waals surface area contributed by atoms with Gasteiger partial charge >= 0.3 is 0 Å².